The van der Waals surface area contributed by atoms with Crippen LogP contribution in [0.1, 0.15) is 0 Å². The van der Waals surface area contributed by atoms with Crippen molar-refractivity contribution >= 4 is 11.4 Å². The Hall–Kier alpha value is -1.42. The van der Waals surface area contributed by atoms with Gasteiger partial charge in [-0.2, -0.15) is 0 Å². The van der Waals surface area contributed by atoms with Crippen LogP contribution < -0.4 is 15.0 Å². The summed E-state index contributed by atoms with van der Waals surface area (Å²) in [5, 5.41) is 3.31. The summed E-state index contributed by atoms with van der Waals surface area (Å²) in [6.45, 7) is 2.34. The molecule has 0 bridgehead atoms. The van der Waals surface area contributed by atoms with Crippen molar-refractivity contribution in [2.45, 2.75) is 6.10 Å². The number of hydrogen-bond acceptors (Lipinski definition) is 4. The van der Waals surface area contributed by atoms with Crippen LogP contribution in [0.25, 0.3) is 0 Å². The molecular formula is C11H14N2O2. The Bertz CT molecular complexity index is 377. The zero-order chi connectivity index (χ0) is 10.3. The third-order valence-electron chi connectivity index (χ3n) is 2.71. The van der Waals surface area contributed by atoms with Gasteiger partial charge in [-0.15, -0.1) is 0 Å². The van der Waals surface area contributed by atoms with Gasteiger partial charge in [0, 0.05) is 7.05 Å². The van der Waals surface area contributed by atoms with Crippen molar-refractivity contribution in [2.24, 2.45) is 0 Å². The molecule has 4 nitrogen and oxygen atoms in total. The van der Waals surface area contributed by atoms with Crippen LogP contribution >= 0.6 is 0 Å². The van der Waals surface area contributed by atoms with Gasteiger partial charge in [-0.1, -0.05) is 6.07 Å². The van der Waals surface area contributed by atoms with Crippen molar-refractivity contribution in [1.29, 1.82) is 0 Å². The zero-order valence-electron chi connectivity index (χ0n) is 8.69. The molecule has 1 atom stereocenters. The average molecular weight is 206 g/mol. The maximum absolute atomic E-state index is 5.74. The molecule has 2 aliphatic heterocycles. The van der Waals surface area contributed by atoms with E-state index in [0.29, 0.717) is 12.7 Å². The first-order valence-corrected chi connectivity index (χ1v) is 5.17. The van der Waals surface area contributed by atoms with Gasteiger partial charge in [0.15, 0.2) is 0 Å². The second kappa shape index (κ2) is 3.31. The number of epoxide rings is 1. The van der Waals surface area contributed by atoms with E-state index in [1.807, 2.05) is 12.1 Å². The van der Waals surface area contributed by atoms with Gasteiger partial charge in [0.2, 0.25) is 0 Å². The molecule has 0 amide bonds. The minimum absolute atomic E-state index is 0.306. The molecule has 3 rings (SSSR count). The molecule has 1 aromatic rings. The molecule has 0 saturated carbocycles. The molecule has 2 heterocycles. The first-order chi connectivity index (χ1) is 7.34. The standard InChI is InChI=1S/C11H14N2O2/c1-13-7-12-9-3-2-4-10(11(9)13)15-6-8-5-14-8/h2-4,8,12H,5-7H2,1H3. The molecule has 0 aliphatic carbocycles. The summed E-state index contributed by atoms with van der Waals surface area (Å²) in [6, 6.07) is 6.08. The monoisotopic (exact) mass is 206 g/mol. The molecule has 1 unspecified atom stereocenters. The summed E-state index contributed by atoms with van der Waals surface area (Å²) in [7, 11) is 2.05. The summed E-state index contributed by atoms with van der Waals surface area (Å²) < 4.78 is 10.9. The number of fused-ring (bicyclic) bond motifs is 1. The molecule has 80 valence electrons. The van der Waals surface area contributed by atoms with Gasteiger partial charge in [-0.3, -0.25) is 0 Å². The number of para-hydroxylation sites is 1. The molecule has 1 fully saturated rings. The average Bonchev–Trinajstić information content (AvgIpc) is 3.00. The van der Waals surface area contributed by atoms with E-state index in [0.717, 1.165) is 30.4 Å². The second-order valence-corrected chi connectivity index (χ2v) is 3.95. The van der Waals surface area contributed by atoms with Crippen LogP contribution in [-0.2, 0) is 4.74 Å². The van der Waals surface area contributed by atoms with Crippen molar-refractivity contribution in [3.05, 3.63) is 18.2 Å². The number of nitrogens with zero attached hydrogens (tertiary/aromatic N) is 1. The summed E-state index contributed by atoms with van der Waals surface area (Å²) in [5.41, 5.74) is 2.30. The molecule has 2 aliphatic rings. The van der Waals surface area contributed by atoms with Crippen LogP contribution in [-0.4, -0.2) is 33.0 Å². The lowest BCUT2D eigenvalue weighted by Gasteiger charge is -2.15. The van der Waals surface area contributed by atoms with E-state index in [4.69, 9.17) is 9.47 Å². The van der Waals surface area contributed by atoms with E-state index in [2.05, 4.69) is 23.3 Å². The number of ether oxygens (including phenoxy) is 2. The molecule has 0 spiro atoms. The van der Waals surface area contributed by atoms with E-state index in [1.54, 1.807) is 0 Å². The van der Waals surface area contributed by atoms with E-state index in [-0.39, 0.29) is 0 Å². The Labute approximate surface area is 88.8 Å². The van der Waals surface area contributed by atoms with Gasteiger partial charge in [0.05, 0.1) is 19.0 Å². The van der Waals surface area contributed by atoms with Gasteiger partial charge in [-0.25, -0.2) is 0 Å². The smallest absolute Gasteiger partial charge is 0.144 e. The van der Waals surface area contributed by atoms with Crippen LogP contribution in [0.2, 0.25) is 0 Å². The summed E-state index contributed by atoms with van der Waals surface area (Å²) in [6.07, 6.45) is 0.306. The molecule has 4 heteroatoms. The highest BCUT2D eigenvalue weighted by molar-refractivity contribution is 5.80. The van der Waals surface area contributed by atoms with Crippen molar-refractivity contribution in [2.75, 3.05) is 37.1 Å². The van der Waals surface area contributed by atoms with Crippen LogP contribution in [0, 0.1) is 0 Å². The van der Waals surface area contributed by atoms with Crippen molar-refractivity contribution < 1.29 is 9.47 Å². The predicted octanol–water partition coefficient (Wildman–Crippen LogP) is 1.28. The summed E-state index contributed by atoms with van der Waals surface area (Å²) >= 11 is 0. The molecule has 0 aromatic heterocycles. The largest absolute Gasteiger partial charge is 0.489 e. The Balaban J connectivity index is 1.83. The lowest BCUT2D eigenvalue weighted by Crippen LogP contribution is -2.17. The number of hydrogen-bond donors (Lipinski definition) is 1. The number of anilines is 2. The highest BCUT2D eigenvalue weighted by atomic mass is 16.6. The van der Waals surface area contributed by atoms with E-state index in [9.17, 15) is 0 Å². The fraction of sp³-hybridized carbons (Fsp3) is 0.455. The fourth-order valence-electron chi connectivity index (χ4n) is 1.80. The van der Waals surface area contributed by atoms with Crippen molar-refractivity contribution in [3.8, 4) is 5.75 Å². The molecule has 15 heavy (non-hydrogen) atoms. The number of benzene rings is 1. The SMILES string of the molecule is CN1CNc2cccc(OCC3CO3)c21. The van der Waals surface area contributed by atoms with Gasteiger partial charge < -0.3 is 19.7 Å². The maximum Gasteiger partial charge on any atom is 0.144 e. The molecule has 1 aromatic carbocycles. The van der Waals surface area contributed by atoms with Crippen LogP contribution in [0.4, 0.5) is 11.4 Å². The summed E-state index contributed by atoms with van der Waals surface area (Å²) in [5.74, 6) is 0.940. The van der Waals surface area contributed by atoms with E-state index in [1.165, 1.54) is 0 Å². The molecular weight excluding hydrogens is 192 g/mol. The highest BCUT2D eigenvalue weighted by Gasteiger charge is 2.25. The first-order valence-electron chi connectivity index (χ1n) is 5.17. The highest BCUT2D eigenvalue weighted by Crippen LogP contribution is 2.39. The van der Waals surface area contributed by atoms with Crippen LogP contribution in [0.5, 0.6) is 5.75 Å². The lowest BCUT2D eigenvalue weighted by atomic mass is 10.2. The quantitative estimate of drug-likeness (QED) is 0.756. The van der Waals surface area contributed by atoms with Gasteiger partial charge in [0.1, 0.15) is 24.1 Å². The van der Waals surface area contributed by atoms with Gasteiger partial charge >= 0.3 is 0 Å². The molecule has 1 saturated heterocycles. The number of nitrogens with one attached hydrogen (secondary N) is 1. The number of rotatable bonds is 3. The van der Waals surface area contributed by atoms with Crippen molar-refractivity contribution in [3.63, 3.8) is 0 Å². The third-order valence-corrected chi connectivity index (χ3v) is 2.71. The Kier molecular flexibility index (Phi) is 1.95. The minimum atomic E-state index is 0.306. The second-order valence-electron chi connectivity index (χ2n) is 3.95. The lowest BCUT2D eigenvalue weighted by molar-refractivity contribution is 0.264. The molecule has 0 radical (unpaired) electrons. The van der Waals surface area contributed by atoms with E-state index < -0.39 is 0 Å². The Morgan fingerprint density at radius 2 is 2.47 bits per heavy atom. The van der Waals surface area contributed by atoms with Gasteiger partial charge in [0.25, 0.3) is 0 Å². The minimum Gasteiger partial charge on any atom is -0.489 e. The first kappa shape index (κ1) is 8.85. The maximum atomic E-state index is 5.74. The topological polar surface area (TPSA) is 37.0 Å². The third kappa shape index (κ3) is 1.61. The zero-order valence-corrected chi connectivity index (χ0v) is 8.69. The summed E-state index contributed by atoms with van der Waals surface area (Å²) in [4.78, 5) is 2.15. The Morgan fingerprint density at radius 1 is 1.60 bits per heavy atom. The van der Waals surface area contributed by atoms with Gasteiger partial charge in [-0.05, 0) is 12.1 Å². The normalized spacial score (nSPS) is 22.2. The van der Waals surface area contributed by atoms with Crippen LogP contribution in [0.15, 0.2) is 18.2 Å². The van der Waals surface area contributed by atoms with Crippen LogP contribution in [0.3, 0.4) is 0 Å². The Morgan fingerprint density at radius 3 is 3.27 bits per heavy atom. The fourth-order valence-corrected chi connectivity index (χ4v) is 1.80. The molecule has 1 N–H and O–H groups in total. The predicted molar refractivity (Wildman–Crippen MR) is 58.6 cm³/mol. The van der Waals surface area contributed by atoms with E-state index >= 15 is 0 Å². The van der Waals surface area contributed by atoms with Crippen molar-refractivity contribution in [1.82, 2.24) is 0 Å².